The van der Waals surface area contributed by atoms with E-state index in [4.69, 9.17) is 14.6 Å². The number of benzene rings is 1. The molecule has 2 aromatic rings. The van der Waals surface area contributed by atoms with Gasteiger partial charge in [-0.05, 0) is 6.92 Å². The molecule has 6 nitrogen and oxygen atoms in total. The summed E-state index contributed by atoms with van der Waals surface area (Å²) in [5, 5.41) is 8.95. The Morgan fingerprint density at radius 2 is 2.05 bits per heavy atom. The second-order valence-electron chi connectivity index (χ2n) is 4.48. The van der Waals surface area contributed by atoms with Crippen LogP contribution in [0.1, 0.15) is 12.2 Å². The van der Waals surface area contributed by atoms with Gasteiger partial charge in [0.2, 0.25) is 0 Å². The molecule has 3 rings (SSSR count). The number of hydrogen-bond acceptors (Lipinski definition) is 4. The number of nitrogens with zero attached hydrogens (tertiary/aromatic N) is 2. The Morgan fingerprint density at radius 3 is 2.74 bits per heavy atom. The molecule has 0 aliphatic carbocycles. The number of carboxylic acid groups (broad SMARTS) is 1. The number of imidazole rings is 1. The van der Waals surface area contributed by atoms with Crippen LogP contribution in [0.15, 0.2) is 12.1 Å². The van der Waals surface area contributed by atoms with Gasteiger partial charge < -0.3 is 19.1 Å². The number of aromatic nitrogens is 2. The zero-order valence-electron chi connectivity index (χ0n) is 10.5. The summed E-state index contributed by atoms with van der Waals surface area (Å²) in [5.41, 5.74) is 1.48. The lowest BCUT2D eigenvalue weighted by molar-refractivity contribution is -0.137. The van der Waals surface area contributed by atoms with E-state index in [1.165, 1.54) is 0 Å². The molecule has 2 heterocycles. The van der Waals surface area contributed by atoms with Crippen LogP contribution in [0.2, 0.25) is 0 Å². The first-order valence-corrected chi connectivity index (χ1v) is 6.13. The Morgan fingerprint density at radius 1 is 1.37 bits per heavy atom. The molecule has 1 N–H and O–H groups in total. The fourth-order valence-electron chi connectivity index (χ4n) is 2.24. The minimum absolute atomic E-state index is 0.109. The predicted octanol–water partition coefficient (Wildman–Crippen LogP) is 1.59. The van der Waals surface area contributed by atoms with E-state index >= 15 is 0 Å². The fourth-order valence-corrected chi connectivity index (χ4v) is 2.24. The van der Waals surface area contributed by atoms with Gasteiger partial charge in [-0.1, -0.05) is 0 Å². The van der Waals surface area contributed by atoms with E-state index in [0.717, 1.165) is 17.5 Å². The van der Waals surface area contributed by atoms with Gasteiger partial charge in [-0.3, -0.25) is 4.79 Å². The van der Waals surface area contributed by atoms with E-state index < -0.39 is 5.97 Å². The summed E-state index contributed by atoms with van der Waals surface area (Å²) < 4.78 is 12.9. The van der Waals surface area contributed by atoms with Gasteiger partial charge in [0, 0.05) is 18.6 Å². The Kier molecular flexibility index (Phi) is 2.77. The van der Waals surface area contributed by atoms with Gasteiger partial charge in [0.25, 0.3) is 0 Å². The third kappa shape index (κ3) is 2.09. The number of fused-ring (bicyclic) bond motifs is 2. The second-order valence-corrected chi connectivity index (χ2v) is 4.48. The summed E-state index contributed by atoms with van der Waals surface area (Å²) in [7, 11) is 0. The molecule has 19 heavy (non-hydrogen) atoms. The van der Waals surface area contributed by atoms with Gasteiger partial charge in [0.05, 0.1) is 24.2 Å². The molecule has 0 bridgehead atoms. The first kappa shape index (κ1) is 11.8. The second kappa shape index (κ2) is 4.46. The molecule has 0 fully saturated rings. The number of aliphatic carboxylic acids is 1. The zero-order chi connectivity index (χ0) is 13.4. The molecule has 0 saturated heterocycles. The van der Waals surface area contributed by atoms with Crippen LogP contribution in [0.5, 0.6) is 11.5 Å². The topological polar surface area (TPSA) is 73.6 Å². The largest absolute Gasteiger partial charge is 0.489 e. The van der Waals surface area contributed by atoms with Crippen molar-refractivity contribution in [2.75, 3.05) is 13.2 Å². The van der Waals surface area contributed by atoms with Crippen molar-refractivity contribution in [1.29, 1.82) is 0 Å². The van der Waals surface area contributed by atoms with Crippen molar-refractivity contribution in [2.24, 2.45) is 0 Å². The summed E-state index contributed by atoms with van der Waals surface area (Å²) in [6.45, 7) is 2.90. The first-order chi connectivity index (χ1) is 9.15. The number of aryl methyl sites for hydroxylation is 1. The first-order valence-electron chi connectivity index (χ1n) is 6.13. The molecule has 0 spiro atoms. The minimum atomic E-state index is -0.894. The molecule has 0 amide bonds. The van der Waals surface area contributed by atoms with Gasteiger partial charge in [-0.15, -0.1) is 0 Å². The highest BCUT2D eigenvalue weighted by molar-refractivity contribution is 5.82. The van der Waals surface area contributed by atoms with Crippen LogP contribution < -0.4 is 9.47 Å². The van der Waals surface area contributed by atoms with Crippen molar-refractivity contribution >= 4 is 17.0 Å². The van der Waals surface area contributed by atoms with Crippen molar-refractivity contribution in [1.82, 2.24) is 9.55 Å². The maximum absolute atomic E-state index is 10.9. The van der Waals surface area contributed by atoms with E-state index in [1.807, 2.05) is 0 Å². The van der Waals surface area contributed by atoms with Gasteiger partial charge in [0.1, 0.15) is 12.4 Å². The monoisotopic (exact) mass is 262 g/mol. The van der Waals surface area contributed by atoms with E-state index in [9.17, 15) is 4.79 Å². The number of hydrogen-bond donors (Lipinski definition) is 1. The highest BCUT2D eigenvalue weighted by Crippen LogP contribution is 2.34. The van der Waals surface area contributed by atoms with Crippen LogP contribution in [0.4, 0.5) is 0 Å². The zero-order valence-corrected chi connectivity index (χ0v) is 10.5. The number of carboxylic acids is 1. The Labute approximate surface area is 109 Å². The molecule has 1 aliphatic rings. The molecule has 0 radical (unpaired) electrons. The standard InChI is InChI=1S/C13H14N2O4/c1-8-14-9-5-11-12(19-4-2-3-18-11)6-10(9)15(8)7-13(16)17/h5-6H,2-4,7H2,1H3,(H,16,17). The molecule has 0 unspecified atom stereocenters. The predicted molar refractivity (Wildman–Crippen MR) is 67.7 cm³/mol. The SMILES string of the molecule is Cc1nc2cc3c(cc2n1CC(=O)O)OCCCO3. The maximum Gasteiger partial charge on any atom is 0.323 e. The van der Waals surface area contributed by atoms with Crippen molar-refractivity contribution in [3.8, 4) is 11.5 Å². The third-order valence-electron chi connectivity index (χ3n) is 3.10. The lowest BCUT2D eigenvalue weighted by Crippen LogP contribution is -2.10. The molecule has 6 heteroatoms. The average molecular weight is 262 g/mol. The quantitative estimate of drug-likeness (QED) is 0.889. The van der Waals surface area contributed by atoms with Crippen LogP contribution in [0, 0.1) is 6.92 Å². The Bertz CT molecular complexity index is 648. The molecule has 1 aliphatic heterocycles. The summed E-state index contributed by atoms with van der Waals surface area (Å²) in [5.74, 6) is 1.09. The highest BCUT2D eigenvalue weighted by Gasteiger charge is 2.16. The lowest BCUT2D eigenvalue weighted by Gasteiger charge is -2.08. The normalized spacial score (nSPS) is 14.4. The molecule has 1 aromatic heterocycles. The molecule has 1 aromatic carbocycles. The van der Waals surface area contributed by atoms with Crippen molar-refractivity contribution < 1.29 is 19.4 Å². The van der Waals surface area contributed by atoms with Crippen LogP contribution in [-0.2, 0) is 11.3 Å². The van der Waals surface area contributed by atoms with Gasteiger partial charge in [0.15, 0.2) is 11.5 Å². The molecular formula is C13H14N2O4. The third-order valence-corrected chi connectivity index (χ3v) is 3.10. The van der Waals surface area contributed by atoms with Crippen LogP contribution in [0.3, 0.4) is 0 Å². The van der Waals surface area contributed by atoms with Crippen LogP contribution >= 0.6 is 0 Å². The summed E-state index contributed by atoms with van der Waals surface area (Å²) in [6, 6.07) is 3.61. The summed E-state index contributed by atoms with van der Waals surface area (Å²) in [4.78, 5) is 15.3. The van der Waals surface area contributed by atoms with E-state index in [0.29, 0.717) is 30.5 Å². The van der Waals surface area contributed by atoms with Crippen molar-refractivity contribution in [3.63, 3.8) is 0 Å². The van der Waals surface area contributed by atoms with E-state index in [2.05, 4.69) is 4.98 Å². The van der Waals surface area contributed by atoms with Crippen LogP contribution in [0.25, 0.3) is 11.0 Å². The maximum atomic E-state index is 10.9. The van der Waals surface area contributed by atoms with Crippen molar-refractivity contribution in [3.05, 3.63) is 18.0 Å². The minimum Gasteiger partial charge on any atom is -0.489 e. The fraction of sp³-hybridized carbons (Fsp3) is 0.385. The highest BCUT2D eigenvalue weighted by atomic mass is 16.5. The lowest BCUT2D eigenvalue weighted by atomic mass is 10.2. The molecule has 100 valence electrons. The molecule has 0 atom stereocenters. The van der Waals surface area contributed by atoms with E-state index in [-0.39, 0.29) is 6.54 Å². The van der Waals surface area contributed by atoms with Gasteiger partial charge >= 0.3 is 5.97 Å². The summed E-state index contributed by atoms with van der Waals surface area (Å²) >= 11 is 0. The molecule has 0 saturated carbocycles. The summed E-state index contributed by atoms with van der Waals surface area (Å²) in [6.07, 6.45) is 0.834. The van der Waals surface area contributed by atoms with Gasteiger partial charge in [-0.2, -0.15) is 0 Å². The smallest absolute Gasteiger partial charge is 0.323 e. The average Bonchev–Trinajstić information content (AvgIpc) is 2.54. The Hall–Kier alpha value is -2.24. The van der Waals surface area contributed by atoms with Crippen LogP contribution in [-0.4, -0.2) is 33.8 Å². The van der Waals surface area contributed by atoms with Crippen molar-refractivity contribution in [2.45, 2.75) is 19.9 Å². The number of rotatable bonds is 2. The van der Waals surface area contributed by atoms with Gasteiger partial charge in [-0.25, -0.2) is 4.98 Å². The van der Waals surface area contributed by atoms with E-state index in [1.54, 1.807) is 23.6 Å². The Balaban J connectivity index is 2.15. The number of carbonyl (C=O) groups is 1. The number of ether oxygens (including phenoxy) is 2. The molecular weight excluding hydrogens is 248 g/mol.